The molecule has 0 bridgehead atoms. The molecule has 18 atom stereocenters. The quantitative estimate of drug-likeness (QED) is 0.0191. The van der Waals surface area contributed by atoms with Gasteiger partial charge in [-0.1, -0.05) is 197 Å². The third-order valence-corrected chi connectivity index (χ3v) is 34.9. The molecule has 0 spiro atoms. The number of carbonyl (C=O) groups excluding carboxylic acids is 8. The third-order valence-electron chi connectivity index (χ3n) is 34.9. The first-order valence-electron chi connectivity index (χ1n) is 53.9. The van der Waals surface area contributed by atoms with Crippen LogP contribution < -0.4 is 42.5 Å². The molecule has 8 amide bonds. The molecule has 772 valence electrons. The van der Waals surface area contributed by atoms with Gasteiger partial charge in [-0.15, -0.1) is 0 Å². The van der Waals surface area contributed by atoms with Crippen molar-refractivity contribution in [3.8, 4) is 0 Å². The molecule has 139 heavy (non-hydrogen) atoms. The summed E-state index contributed by atoms with van der Waals surface area (Å²) in [5, 5.41) is 24.9. The Balaban J connectivity index is 0.000000247. The first-order valence-corrected chi connectivity index (χ1v) is 53.9. The van der Waals surface area contributed by atoms with E-state index in [4.69, 9.17) is 9.47 Å². The van der Waals surface area contributed by atoms with Gasteiger partial charge in [-0.2, -0.15) is 0 Å². The fourth-order valence-electron chi connectivity index (χ4n) is 25.3. The number of likely N-dealkylation sites (N-methyl/N-ethyl adjacent to an activating group) is 4. The Bertz CT molecular complexity index is 4310. The van der Waals surface area contributed by atoms with Crippen LogP contribution in [0.1, 0.15) is 277 Å². The maximum Gasteiger partial charge on any atom is 0.245 e. The minimum absolute atomic E-state index is 0. The number of nitrogens with one attached hydrogen (secondary N) is 8. The van der Waals surface area contributed by atoms with Crippen molar-refractivity contribution in [3.63, 3.8) is 0 Å². The van der Waals surface area contributed by atoms with Crippen LogP contribution in [0.15, 0.2) is 109 Å². The van der Waals surface area contributed by atoms with Gasteiger partial charge in [0, 0.05) is 103 Å². The number of rotatable bonds is 42. The largest absolute Gasteiger partial charge is 0.374 e. The first-order chi connectivity index (χ1) is 66.3. The van der Waals surface area contributed by atoms with Crippen molar-refractivity contribution in [2.45, 2.75) is 353 Å². The van der Waals surface area contributed by atoms with Crippen LogP contribution in [0.3, 0.4) is 0 Å². The van der Waals surface area contributed by atoms with Gasteiger partial charge in [0.2, 0.25) is 47.3 Å². The lowest BCUT2D eigenvalue weighted by molar-refractivity contribution is -0.144. The molecular weight excluding hydrogens is 1740 g/mol. The normalized spacial score (nSPS) is 26.9. The highest BCUT2D eigenvalue weighted by Gasteiger charge is 2.61. The number of hydrogen-bond acceptors (Lipinski definition) is 18. The Morgan fingerprint density at radius 3 is 1.11 bits per heavy atom. The standard InChI is InChI=1S/C56H90N8O6.C56H86N8O4.CH4/c1-39(2)47(59-49(65)41(5)57-11)51(67)63-29-25-53(7)33-45(35-61(37-55(53,63)9)27-23-43-19-15-13-16-20-43)69-31-32-70-46-34-54(8)26-30-64(52(68)48(40(3)4)60-50(66)42(6)58-12)56(54,10)38-62(36-46)28-24-44-21-17-14-18-22-44;1-39(57-3)53(65)59-51(43-21-7-5-8-22-43)55(67)63-35-17-25-45(63)37-61(49-31-29-41-19-11-13-27-47(41)49)33-15-16-34-62(50-32-30-42-20-12-14-28-48(42)50)38-46-26-18-36-64(46)56(68)52(44-23-9-6-10-24-44)60-54(66)40(2)58-4;/h13-22,39-42,45-48,57-58H,23-38H2,1-12H3,(H,59,65)(H,60,66);11-14,19-20,27-28,39-40,43-46,49-52,57-58H,5-10,15-18,21-26,29-38H2,1-4H3,(H,59,65)(H,60,66);1H4/t41-,42-,45+,46+,47-,48-,53-,54-,55+,56+;39-,40-,45-,46-,49?,50?,51-,52?;/m00./s1. The maximum atomic E-state index is 14.8. The van der Waals surface area contributed by atoms with Crippen molar-refractivity contribution in [2.24, 2.45) is 34.5 Å². The molecule has 26 heteroatoms. The summed E-state index contributed by atoms with van der Waals surface area (Å²) in [6.45, 7) is 36.4. The zero-order valence-corrected chi connectivity index (χ0v) is 87.1. The lowest BCUT2D eigenvalue weighted by Crippen LogP contribution is -2.62. The second-order valence-electron chi connectivity index (χ2n) is 44.6. The van der Waals surface area contributed by atoms with Gasteiger partial charge in [0.15, 0.2) is 0 Å². The van der Waals surface area contributed by atoms with Crippen molar-refractivity contribution in [1.82, 2.24) is 81.7 Å². The SMILES string of the molecule is C.CN[C@@H](C)C(=O)NC(C(=O)N1CCC[C@H]1CN(CCCCN(C[C@@H]1CCCN1C(=O)[C@@H](NC(=O)[C@H](C)NC)C1CCCCC1)C1CCc2ccccc21)C1CCc2ccccc21)C1CCCCC1.CN[C@@H](C)C(=O)N[C@H](C(=O)N1CC[C@@]2(C)C[C@@H](OCCO[C@H]3CN(CCc4ccccc4)C[C@@]4(C)N(C(=O)[C@@H](NC(=O)[C@H](C)NC)C(C)C)CC[C@@]4(C)C3)CN(CCc3ccccc3)C[C@@]12C)C(C)C. The molecule has 4 aromatic rings. The summed E-state index contributed by atoms with van der Waals surface area (Å²) in [5.74, 6) is -0.115. The number of aryl methyl sites for hydroxylation is 2. The molecule has 0 radical (unpaired) electrons. The number of amides is 8. The maximum absolute atomic E-state index is 14.8. The Kier molecular flexibility index (Phi) is 40.5. The fourth-order valence-corrected chi connectivity index (χ4v) is 25.3. The Labute approximate surface area is 835 Å². The van der Waals surface area contributed by atoms with E-state index in [-0.39, 0.29) is 126 Å². The monoisotopic (exact) mass is 1920 g/mol. The molecule has 6 aliphatic heterocycles. The Hall–Kier alpha value is -7.76. The van der Waals surface area contributed by atoms with Gasteiger partial charge < -0.3 is 71.6 Å². The zero-order valence-electron chi connectivity index (χ0n) is 87.1. The Morgan fingerprint density at radius 1 is 0.410 bits per heavy atom. The number of fused-ring (bicyclic) bond motifs is 4. The number of nitrogens with zero attached hydrogens (tertiary/aromatic N) is 8. The summed E-state index contributed by atoms with van der Waals surface area (Å²) >= 11 is 0. The van der Waals surface area contributed by atoms with Gasteiger partial charge in [0.1, 0.15) is 24.2 Å². The van der Waals surface area contributed by atoms with Gasteiger partial charge in [-0.25, -0.2) is 0 Å². The molecule has 3 unspecified atom stereocenters. The summed E-state index contributed by atoms with van der Waals surface area (Å²) in [5.41, 5.74) is 6.89. The van der Waals surface area contributed by atoms with Gasteiger partial charge >= 0.3 is 0 Å². The van der Waals surface area contributed by atoms with E-state index in [9.17, 15) is 38.4 Å². The third kappa shape index (κ3) is 26.9. The number of unbranched alkanes of at least 4 members (excludes halogenated alkanes) is 1. The number of hydrogen-bond donors (Lipinski definition) is 8. The molecule has 6 heterocycles. The van der Waals surface area contributed by atoms with Crippen LogP contribution in [0.5, 0.6) is 0 Å². The zero-order chi connectivity index (χ0) is 98.6. The second kappa shape index (κ2) is 51.1. The summed E-state index contributed by atoms with van der Waals surface area (Å²) < 4.78 is 13.9. The number of likely N-dealkylation sites (tertiary alicyclic amines) is 6. The number of ether oxygens (including phenoxy) is 2. The molecule has 0 aromatic heterocycles. The smallest absolute Gasteiger partial charge is 0.245 e. The van der Waals surface area contributed by atoms with Crippen LogP contribution in [0.4, 0.5) is 0 Å². The predicted octanol–water partition coefficient (Wildman–Crippen LogP) is 12.9. The highest BCUT2D eigenvalue weighted by atomic mass is 16.5. The molecular formula is C113H180N16O10. The molecule has 4 aliphatic carbocycles. The topological polar surface area (TPSA) is 277 Å². The van der Waals surface area contributed by atoms with Gasteiger partial charge in [-0.3, -0.25) is 58.0 Å². The van der Waals surface area contributed by atoms with Crippen LogP contribution in [0.25, 0.3) is 0 Å². The van der Waals surface area contributed by atoms with Gasteiger partial charge in [-0.05, 0) is 279 Å². The average Bonchev–Trinajstić information content (AvgIpc) is 1.58. The molecule has 2 saturated carbocycles. The van der Waals surface area contributed by atoms with E-state index in [2.05, 4.69) is 219 Å². The van der Waals surface area contributed by atoms with Gasteiger partial charge in [0.25, 0.3) is 0 Å². The van der Waals surface area contributed by atoms with E-state index in [1.807, 2.05) is 55.4 Å². The van der Waals surface area contributed by atoms with Crippen LogP contribution in [0, 0.1) is 34.5 Å². The Morgan fingerprint density at radius 2 is 0.755 bits per heavy atom. The van der Waals surface area contributed by atoms with E-state index in [0.29, 0.717) is 51.5 Å². The minimum Gasteiger partial charge on any atom is -0.374 e. The van der Waals surface area contributed by atoms with E-state index in [1.54, 1.807) is 28.2 Å². The highest BCUT2D eigenvalue weighted by Crippen LogP contribution is 2.54. The lowest BCUT2D eigenvalue weighted by Gasteiger charge is -2.47. The molecule has 26 nitrogen and oxygen atoms in total. The molecule has 14 rings (SSSR count). The van der Waals surface area contributed by atoms with E-state index >= 15 is 0 Å². The van der Waals surface area contributed by atoms with E-state index in [1.165, 1.54) is 46.2 Å². The highest BCUT2D eigenvalue weighted by molar-refractivity contribution is 5.93. The van der Waals surface area contributed by atoms with Crippen LogP contribution in [-0.4, -0.2) is 303 Å². The van der Waals surface area contributed by atoms with Crippen LogP contribution >= 0.6 is 0 Å². The summed E-state index contributed by atoms with van der Waals surface area (Å²) in [7, 11) is 7.11. The van der Waals surface area contributed by atoms with Crippen molar-refractivity contribution in [2.75, 3.05) is 133 Å². The van der Waals surface area contributed by atoms with Crippen molar-refractivity contribution >= 4 is 47.3 Å². The van der Waals surface area contributed by atoms with E-state index in [0.717, 1.165) is 220 Å². The molecule has 8 fully saturated rings. The number of benzene rings is 4. The van der Waals surface area contributed by atoms with Crippen molar-refractivity contribution in [1.29, 1.82) is 0 Å². The first kappa shape index (κ1) is 110. The summed E-state index contributed by atoms with van der Waals surface area (Å²) in [6, 6.07) is 36.3. The van der Waals surface area contributed by atoms with Crippen molar-refractivity contribution in [3.05, 3.63) is 143 Å². The molecule has 6 saturated heterocycles. The fraction of sp³-hybridized carbons (Fsp3) is 0.717. The van der Waals surface area contributed by atoms with Gasteiger partial charge in [0.05, 0.1) is 60.7 Å². The minimum atomic E-state index is -0.629. The van der Waals surface area contributed by atoms with Crippen LogP contribution in [-0.2, 0) is 73.5 Å². The molecule has 4 aromatic carbocycles. The number of carbonyl (C=O) groups is 8. The van der Waals surface area contributed by atoms with Crippen LogP contribution in [0.2, 0.25) is 0 Å². The van der Waals surface area contributed by atoms with E-state index < -0.39 is 47.3 Å². The average molecular weight is 1920 g/mol. The van der Waals surface area contributed by atoms with Crippen molar-refractivity contribution < 1.29 is 47.8 Å². The summed E-state index contributed by atoms with van der Waals surface area (Å²) in [4.78, 5) is 131. The molecule has 8 N–H and O–H groups in total. The lowest BCUT2D eigenvalue weighted by atomic mass is 9.69. The summed E-state index contributed by atoms with van der Waals surface area (Å²) in [6.07, 6.45) is 26.1. The second-order valence-corrected chi connectivity index (χ2v) is 44.6. The predicted molar refractivity (Wildman–Crippen MR) is 556 cm³/mol. The molecule has 10 aliphatic rings.